The van der Waals surface area contributed by atoms with Gasteiger partial charge in [0.1, 0.15) is 5.82 Å². The molecule has 0 saturated carbocycles. The number of hydrogen-bond acceptors (Lipinski definition) is 5. The van der Waals surface area contributed by atoms with E-state index in [4.69, 9.17) is 0 Å². The van der Waals surface area contributed by atoms with E-state index in [0.717, 1.165) is 32.5 Å². The van der Waals surface area contributed by atoms with Gasteiger partial charge in [0.2, 0.25) is 10.0 Å². The van der Waals surface area contributed by atoms with Gasteiger partial charge in [-0.25, -0.2) is 13.4 Å². The van der Waals surface area contributed by atoms with Crippen LogP contribution in [-0.4, -0.2) is 62.4 Å². The second kappa shape index (κ2) is 6.72. The van der Waals surface area contributed by atoms with Crippen molar-refractivity contribution in [3.8, 4) is 0 Å². The number of hydrogen-bond donors (Lipinski definition) is 1. The number of rotatable bonds is 5. The maximum Gasteiger partial charge on any atom is 0.243 e. The Morgan fingerprint density at radius 3 is 2.67 bits per heavy atom. The predicted octanol–water partition coefficient (Wildman–Crippen LogP) is 1.23. The predicted molar refractivity (Wildman–Crippen MR) is 83.9 cm³/mol. The molecule has 0 unspecified atom stereocenters. The van der Waals surface area contributed by atoms with Crippen molar-refractivity contribution in [2.45, 2.75) is 30.7 Å². The SMILES string of the molecule is CCN1CCC(N(C)S(=O)(=O)c2ccnc(NC)c2)CC1. The van der Waals surface area contributed by atoms with E-state index in [1.807, 2.05) is 0 Å². The highest BCUT2D eigenvalue weighted by Crippen LogP contribution is 2.23. The van der Waals surface area contributed by atoms with E-state index in [-0.39, 0.29) is 6.04 Å². The number of nitrogens with zero attached hydrogens (tertiary/aromatic N) is 3. The fraction of sp³-hybridized carbons (Fsp3) is 0.643. The van der Waals surface area contributed by atoms with Gasteiger partial charge in [-0.15, -0.1) is 0 Å². The highest BCUT2D eigenvalue weighted by Gasteiger charge is 2.30. The molecule has 7 heteroatoms. The van der Waals surface area contributed by atoms with Gasteiger partial charge in [-0.3, -0.25) is 0 Å². The lowest BCUT2D eigenvalue weighted by atomic mass is 10.1. The summed E-state index contributed by atoms with van der Waals surface area (Å²) < 4.78 is 26.9. The summed E-state index contributed by atoms with van der Waals surface area (Å²) in [5, 5.41) is 2.87. The maximum atomic E-state index is 12.7. The molecule has 21 heavy (non-hydrogen) atoms. The molecule has 1 saturated heterocycles. The minimum absolute atomic E-state index is 0.0731. The van der Waals surface area contributed by atoms with Gasteiger partial charge in [0.05, 0.1) is 4.90 Å². The van der Waals surface area contributed by atoms with Gasteiger partial charge in [-0.05, 0) is 38.5 Å². The van der Waals surface area contributed by atoms with Crippen LogP contribution < -0.4 is 5.32 Å². The van der Waals surface area contributed by atoms with Crippen molar-refractivity contribution in [2.75, 3.05) is 39.0 Å². The summed E-state index contributed by atoms with van der Waals surface area (Å²) in [5.41, 5.74) is 0. The molecule has 0 aromatic carbocycles. The summed E-state index contributed by atoms with van der Waals surface area (Å²) in [6.07, 6.45) is 3.29. The summed E-state index contributed by atoms with van der Waals surface area (Å²) in [4.78, 5) is 6.71. The molecule has 0 amide bonds. The van der Waals surface area contributed by atoms with Crippen LogP contribution in [0.25, 0.3) is 0 Å². The Bertz CT molecular complexity index is 568. The van der Waals surface area contributed by atoms with Crippen molar-refractivity contribution in [1.82, 2.24) is 14.2 Å². The zero-order valence-electron chi connectivity index (χ0n) is 12.9. The summed E-state index contributed by atoms with van der Waals surface area (Å²) in [5.74, 6) is 0.560. The number of sulfonamides is 1. The van der Waals surface area contributed by atoms with E-state index < -0.39 is 10.0 Å². The average Bonchev–Trinajstić information content (AvgIpc) is 2.54. The number of nitrogens with one attached hydrogen (secondary N) is 1. The highest BCUT2D eigenvalue weighted by atomic mass is 32.2. The average molecular weight is 312 g/mol. The first-order valence-corrected chi connectivity index (χ1v) is 8.77. The highest BCUT2D eigenvalue weighted by molar-refractivity contribution is 7.89. The minimum atomic E-state index is -3.46. The van der Waals surface area contributed by atoms with Crippen LogP contribution >= 0.6 is 0 Å². The molecule has 1 aliphatic heterocycles. The van der Waals surface area contributed by atoms with Crippen LogP contribution in [0, 0.1) is 0 Å². The van der Waals surface area contributed by atoms with Gasteiger partial charge in [-0.2, -0.15) is 4.31 Å². The second-order valence-corrected chi connectivity index (χ2v) is 7.31. The summed E-state index contributed by atoms with van der Waals surface area (Å²) in [7, 11) is -0.0538. The Morgan fingerprint density at radius 2 is 2.10 bits per heavy atom. The molecule has 1 N–H and O–H groups in total. The second-order valence-electron chi connectivity index (χ2n) is 5.31. The van der Waals surface area contributed by atoms with Crippen LogP contribution in [0.2, 0.25) is 0 Å². The number of likely N-dealkylation sites (tertiary alicyclic amines) is 1. The summed E-state index contributed by atoms with van der Waals surface area (Å²) in [6, 6.07) is 3.20. The molecule has 0 spiro atoms. The van der Waals surface area contributed by atoms with Gasteiger partial charge in [0, 0.05) is 32.4 Å². The Labute approximate surface area is 127 Å². The first-order valence-electron chi connectivity index (χ1n) is 7.33. The number of piperidine rings is 1. The van der Waals surface area contributed by atoms with Crippen molar-refractivity contribution >= 4 is 15.8 Å². The van der Waals surface area contributed by atoms with E-state index in [1.165, 1.54) is 10.5 Å². The molecule has 0 aliphatic carbocycles. The molecule has 118 valence electrons. The Kier molecular flexibility index (Phi) is 5.18. The first kappa shape index (κ1) is 16.2. The zero-order chi connectivity index (χ0) is 15.5. The van der Waals surface area contributed by atoms with Crippen molar-refractivity contribution in [1.29, 1.82) is 0 Å². The molecule has 1 aromatic rings. The normalized spacial score (nSPS) is 18.1. The van der Waals surface area contributed by atoms with Crippen molar-refractivity contribution in [3.05, 3.63) is 18.3 Å². The third-order valence-corrected chi connectivity index (χ3v) is 6.09. The van der Waals surface area contributed by atoms with E-state index in [2.05, 4.69) is 22.1 Å². The topological polar surface area (TPSA) is 65.5 Å². The van der Waals surface area contributed by atoms with Crippen LogP contribution in [-0.2, 0) is 10.0 Å². The third kappa shape index (κ3) is 3.53. The Morgan fingerprint density at radius 1 is 1.43 bits per heavy atom. The number of anilines is 1. The number of pyridine rings is 1. The fourth-order valence-electron chi connectivity index (χ4n) is 2.67. The standard InChI is InChI=1S/C14H24N4O2S/c1-4-18-9-6-12(7-10-18)17(3)21(19,20)13-5-8-16-14(11-13)15-2/h5,8,11-12H,4,6-7,9-10H2,1-3H3,(H,15,16). The molecular weight excluding hydrogens is 288 g/mol. The lowest BCUT2D eigenvalue weighted by molar-refractivity contribution is 0.176. The van der Waals surface area contributed by atoms with Crippen molar-refractivity contribution in [3.63, 3.8) is 0 Å². The fourth-order valence-corrected chi connectivity index (χ4v) is 4.10. The quantitative estimate of drug-likeness (QED) is 0.886. The zero-order valence-corrected chi connectivity index (χ0v) is 13.7. The van der Waals surface area contributed by atoms with Crippen LogP contribution in [0.3, 0.4) is 0 Å². The van der Waals surface area contributed by atoms with E-state index >= 15 is 0 Å². The molecule has 2 rings (SSSR count). The molecule has 1 aliphatic rings. The molecule has 0 bridgehead atoms. The van der Waals surface area contributed by atoms with Gasteiger partial charge in [-0.1, -0.05) is 6.92 Å². The van der Waals surface area contributed by atoms with Gasteiger partial charge in [0.25, 0.3) is 0 Å². The first-order chi connectivity index (χ1) is 9.98. The summed E-state index contributed by atoms with van der Waals surface area (Å²) >= 11 is 0. The van der Waals surface area contributed by atoms with E-state index in [0.29, 0.717) is 10.7 Å². The Hall–Kier alpha value is -1.18. The van der Waals surface area contributed by atoms with Crippen molar-refractivity contribution in [2.24, 2.45) is 0 Å². The van der Waals surface area contributed by atoms with Gasteiger partial charge < -0.3 is 10.2 Å². The maximum absolute atomic E-state index is 12.7. The Balaban J connectivity index is 2.15. The van der Waals surface area contributed by atoms with Crippen LogP contribution in [0.15, 0.2) is 23.2 Å². The van der Waals surface area contributed by atoms with E-state index in [9.17, 15) is 8.42 Å². The van der Waals surface area contributed by atoms with E-state index in [1.54, 1.807) is 26.2 Å². The number of aromatic nitrogens is 1. The molecule has 0 radical (unpaired) electrons. The van der Waals surface area contributed by atoms with Crippen LogP contribution in [0.1, 0.15) is 19.8 Å². The minimum Gasteiger partial charge on any atom is -0.373 e. The summed E-state index contributed by atoms with van der Waals surface area (Å²) in [6.45, 7) is 5.08. The van der Waals surface area contributed by atoms with Crippen LogP contribution in [0.4, 0.5) is 5.82 Å². The lowest BCUT2D eigenvalue weighted by Crippen LogP contribution is -2.45. The largest absolute Gasteiger partial charge is 0.373 e. The third-order valence-electron chi connectivity index (χ3n) is 4.18. The molecule has 0 atom stereocenters. The molecule has 1 fully saturated rings. The monoisotopic (exact) mass is 312 g/mol. The van der Waals surface area contributed by atoms with Gasteiger partial charge >= 0.3 is 0 Å². The van der Waals surface area contributed by atoms with Crippen LogP contribution in [0.5, 0.6) is 0 Å². The van der Waals surface area contributed by atoms with Gasteiger partial charge in [0.15, 0.2) is 0 Å². The lowest BCUT2D eigenvalue weighted by Gasteiger charge is -2.35. The smallest absolute Gasteiger partial charge is 0.243 e. The molecule has 1 aromatic heterocycles. The molecule has 2 heterocycles. The van der Waals surface area contributed by atoms with Crippen molar-refractivity contribution < 1.29 is 8.42 Å². The molecular formula is C14H24N4O2S. The molecule has 6 nitrogen and oxygen atoms in total.